The van der Waals surface area contributed by atoms with Gasteiger partial charge in [-0.2, -0.15) is 0 Å². The lowest BCUT2D eigenvalue weighted by Gasteiger charge is -2.35. The second-order valence-corrected chi connectivity index (χ2v) is 16.0. The number of hydrogen-bond acceptors (Lipinski definition) is 2. The topological polar surface area (TPSA) is 25.8 Å². The highest BCUT2D eigenvalue weighted by molar-refractivity contribution is 5.98. The Bertz CT molecular complexity index is 3260. The standard InChI is InChI=1S/C59H38N2/c1-3-18-39(19-4-1)41-22-17-23-42(36-41)56-38-57(50-30-10-7-24-44(50)40-20-5-2-6-21-40)61-58(60-56)43-34-35-55-51(37-43)46-26-9-8-25-45(46)47-27-11-14-31-52(47)59(55)53-32-15-12-28-48(53)49-29-13-16-33-54(49)59/h1-38H. The van der Waals surface area contributed by atoms with E-state index in [2.05, 4.69) is 231 Å². The van der Waals surface area contributed by atoms with Gasteiger partial charge in [-0.15, -0.1) is 0 Å². The first-order valence-corrected chi connectivity index (χ1v) is 21.0. The minimum atomic E-state index is -0.545. The maximum absolute atomic E-state index is 5.48. The lowest BCUT2D eigenvalue weighted by atomic mass is 9.66. The van der Waals surface area contributed by atoms with Crippen LogP contribution in [0.3, 0.4) is 0 Å². The highest BCUT2D eigenvalue weighted by Crippen LogP contribution is 2.61. The van der Waals surface area contributed by atoms with Gasteiger partial charge in [-0.05, 0) is 96.1 Å². The van der Waals surface area contributed by atoms with E-state index >= 15 is 0 Å². The molecule has 2 heteroatoms. The summed E-state index contributed by atoms with van der Waals surface area (Å²) in [4.78, 5) is 10.9. The molecule has 9 aromatic carbocycles. The Morgan fingerprint density at radius 1 is 0.230 bits per heavy atom. The van der Waals surface area contributed by atoms with Gasteiger partial charge in [0.2, 0.25) is 0 Å². The van der Waals surface area contributed by atoms with Crippen LogP contribution in [0.4, 0.5) is 0 Å². The molecule has 2 aliphatic carbocycles. The van der Waals surface area contributed by atoms with Crippen LogP contribution in [0, 0.1) is 0 Å². The molecule has 0 radical (unpaired) electrons. The molecule has 61 heavy (non-hydrogen) atoms. The number of benzene rings is 9. The van der Waals surface area contributed by atoms with Crippen molar-refractivity contribution in [1.29, 1.82) is 0 Å². The van der Waals surface area contributed by atoms with E-state index in [4.69, 9.17) is 9.97 Å². The molecule has 284 valence electrons. The highest BCUT2D eigenvalue weighted by atomic mass is 14.9. The molecule has 0 bridgehead atoms. The summed E-state index contributed by atoms with van der Waals surface area (Å²) in [5.74, 6) is 0.684. The van der Waals surface area contributed by atoms with Gasteiger partial charge in [0.05, 0.1) is 16.8 Å². The van der Waals surface area contributed by atoms with Crippen molar-refractivity contribution in [1.82, 2.24) is 9.97 Å². The number of rotatable bonds is 5. The third-order valence-corrected chi connectivity index (χ3v) is 12.8. The number of fused-ring (bicyclic) bond motifs is 12. The minimum Gasteiger partial charge on any atom is -0.228 e. The van der Waals surface area contributed by atoms with Crippen molar-refractivity contribution >= 4 is 0 Å². The van der Waals surface area contributed by atoms with Crippen LogP contribution in [0.5, 0.6) is 0 Å². The zero-order chi connectivity index (χ0) is 40.3. The fourth-order valence-corrected chi connectivity index (χ4v) is 10.1. The molecule has 1 spiro atoms. The predicted octanol–water partition coefficient (Wildman–Crippen LogP) is 14.8. The lowest BCUT2D eigenvalue weighted by Crippen LogP contribution is -2.29. The average molecular weight is 775 g/mol. The van der Waals surface area contributed by atoms with Crippen molar-refractivity contribution in [2.75, 3.05) is 0 Å². The number of hydrogen-bond donors (Lipinski definition) is 0. The van der Waals surface area contributed by atoms with Gasteiger partial charge in [0.15, 0.2) is 5.82 Å². The average Bonchev–Trinajstić information content (AvgIpc) is 3.59. The summed E-state index contributed by atoms with van der Waals surface area (Å²) in [6, 6.07) is 83.5. The summed E-state index contributed by atoms with van der Waals surface area (Å²) >= 11 is 0. The summed E-state index contributed by atoms with van der Waals surface area (Å²) in [6.45, 7) is 0. The van der Waals surface area contributed by atoms with Crippen LogP contribution in [0.15, 0.2) is 231 Å². The molecule has 0 saturated heterocycles. The van der Waals surface area contributed by atoms with E-state index in [0.717, 1.165) is 44.8 Å². The first-order chi connectivity index (χ1) is 30.3. The molecule has 0 amide bonds. The molecular weight excluding hydrogens is 737 g/mol. The molecule has 12 rings (SSSR count). The van der Waals surface area contributed by atoms with Crippen LogP contribution >= 0.6 is 0 Å². The van der Waals surface area contributed by atoms with Crippen molar-refractivity contribution in [3.05, 3.63) is 253 Å². The number of aromatic nitrogens is 2. The summed E-state index contributed by atoms with van der Waals surface area (Å²) < 4.78 is 0. The maximum atomic E-state index is 5.48. The Kier molecular flexibility index (Phi) is 8.11. The summed E-state index contributed by atoms with van der Waals surface area (Å²) in [7, 11) is 0. The SMILES string of the molecule is c1ccc(-c2cccc(-c3cc(-c4ccccc4-c4ccccc4)nc(-c4ccc5c(c4)-c4ccccc4-c4ccccc4C54c5ccccc5-c5ccccc54)n3)c2)cc1. The summed E-state index contributed by atoms with van der Waals surface area (Å²) in [6.07, 6.45) is 0. The quantitative estimate of drug-likeness (QED) is 0.174. The molecule has 0 saturated carbocycles. The monoisotopic (exact) mass is 774 g/mol. The molecule has 0 aliphatic heterocycles. The van der Waals surface area contributed by atoms with Crippen molar-refractivity contribution in [3.63, 3.8) is 0 Å². The molecular formula is C59H38N2. The van der Waals surface area contributed by atoms with E-state index in [9.17, 15) is 0 Å². The van der Waals surface area contributed by atoms with Crippen molar-refractivity contribution in [3.8, 4) is 89.5 Å². The third-order valence-electron chi connectivity index (χ3n) is 12.8. The van der Waals surface area contributed by atoms with Gasteiger partial charge in [-0.3, -0.25) is 0 Å². The van der Waals surface area contributed by atoms with E-state index in [-0.39, 0.29) is 0 Å². The van der Waals surface area contributed by atoms with Gasteiger partial charge < -0.3 is 0 Å². The normalized spacial score (nSPS) is 12.7. The molecule has 0 atom stereocenters. The van der Waals surface area contributed by atoms with Gasteiger partial charge in [-0.25, -0.2) is 9.97 Å². The molecule has 2 aliphatic rings. The smallest absolute Gasteiger partial charge is 0.160 e. The summed E-state index contributed by atoms with van der Waals surface area (Å²) in [5.41, 5.74) is 21.5. The molecule has 10 aromatic rings. The first-order valence-electron chi connectivity index (χ1n) is 21.0. The molecule has 1 aromatic heterocycles. The van der Waals surface area contributed by atoms with Crippen molar-refractivity contribution in [2.45, 2.75) is 5.41 Å². The van der Waals surface area contributed by atoms with Crippen LogP contribution in [-0.4, -0.2) is 9.97 Å². The van der Waals surface area contributed by atoms with Crippen molar-refractivity contribution in [2.24, 2.45) is 0 Å². The lowest BCUT2D eigenvalue weighted by molar-refractivity contribution is 0.775. The fraction of sp³-hybridized carbons (Fsp3) is 0.0169. The van der Waals surface area contributed by atoms with Crippen LogP contribution in [0.2, 0.25) is 0 Å². The minimum absolute atomic E-state index is 0.545. The van der Waals surface area contributed by atoms with E-state index in [1.165, 1.54) is 61.2 Å². The second kappa shape index (κ2) is 14.1. The molecule has 0 unspecified atom stereocenters. The Balaban J connectivity index is 1.13. The van der Waals surface area contributed by atoms with E-state index in [1.807, 2.05) is 0 Å². The Morgan fingerprint density at radius 3 is 1.31 bits per heavy atom. The van der Waals surface area contributed by atoms with Gasteiger partial charge in [0.25, 0.3) is 0 Å². The van der Waals surface area contributed by atoms with Gasteiger partial charge in [0.1, 0.15) is 0 Å². The number of nitrogens with zero attached hydrogens (tertiary/aromatic N) is 2. The van der Waals surface area contributed by atoms with Crippen LogP contribution in [-0.2, 0) is 5.41 Å². The molecule has 0 fully saturated rings. The maximum Gasteiger partial charge on any atom is 0.160 e. The Hall–Kier alpha value is -7.94. The van der Waals surface area contributed by atoms with Crippen molar-refractivity contribution < 1.29 is 0 Å². The third kappa shape index (κ3) is 5.50. The van der Waals surface area contributed by atoms with Gasteiger partial charge >= 0.3 is 0 Å². The fourth-order valence-electron chi connectivity index (χ4n) is 10.1. The molecule has 1 heterocycles. The van der Waals surface area contributed by atoms with Crippen LogP contribution < -0.4 is 0 Å². The van der Waals surface area contributed by atoms with Gasteiger partial charge in [0, 0.05) is 16.7 Å². The van der Waals surface area contributed by atoms with Gasteiger partial charge in [-0.1, -0.05) is 212 Å². The second-order valence-electron chi connectivity index (χ2n) is 16.0. The molecule has 2 nitrogen and oxygen atoms in total. The zero-order valence-corrected chi connectivity index (χ0v) is 33.3. The predicted molar refractivity (Wildman–Crippen MR) is 251 cm³/mol. The zero-order valence-electron chi connectivity index (χ0n) is 33.3. The largest absolute Gasteiger partial charge is 0.228 e. The van der Waals surface area contributed by atoms with E-state index in [0.29, 0.717) is 5.82 Å². The highest BCUT2D eigenvalue weighted by Gasteiger charge is 2.49. The summed E-state index contributed by atoms with van der Waals surface area (Å²) in [5, 5.41) is 0. The van der Waals surface area contributed by atoms with Crippen LogP contribution in [0.25, 0.3) is 89.5 Å². The van der Waals surface area contributed by atoms with E-state index < -0.39 is 5.41 Å². The Morgan fingerprint density at radius 2 is 0.672 bits per heavy atom. The first kappa shape index (κ1) is 35.0. The Labute approximate surface area is 356 Å². The molecule has 0 N–H and O–H groups in total. The van der Waals surface area contributed by atoms with Crippen LogP contribution in [0.1, 0.15) is 22.3 Å². The van der Waals surface area contributed by atoms with E-state index in [1.54, 1.807) is 0 Å².